The smallest absolute Gasteiger partial charge is 0.237 e. The van der Waals surface area contributed by atoms with Crippen LogP contribution in [-0.4, -0.2) is 39.3 Å². The molecule has 2 aromatic carbocycles. The van der Waals surface area contributed by atoms with Gasteiger partial charge in [-0.3, -0.25) is 4.79 Å². The van der Waals surface area contributed by atoms with Crippen LogP contribution in [0.25, 0.3) is 0 Å². The van der Waals surface area contributed by atoms with E-state index in [1.807, 2.05) is 44.2 Å². The van der Waals surface area contributed by atoms with E-state index in [9.17, 15) is 4.79 Å². The Hall–Kier alpha value is -3.53. The molecule has 9 nitrogen and oxygen atoms in total. The lowest BCUT2D eigenvalue weighted by molar-refractivity contribution is -0.115. The van der Waals surface area contributed by atoms with Crippen LogP contribution in [0, 0.1) is 0 Å². The third-order valence-electron chi connectivity index (χ3n) is 4.65. The number of benzene rings is 2. The van der Waals surface area contributed by atoms with Gasteiger partial charge in [0.15, 0.2) is 11.5 Å². The number of hydrogen-bond acceptors (Lipinski definition) is 9. The number of nitrogens with one attached hydrogen (secondary N) is 2. The SMILES string of the molecule is C[C@@H](S[C@H](C)c1nc(N)nc(Nc2ccccc2)n1)C(=O)Nc1ccc2c(c1)OCCO2. The van der Waals surface area contributed by atoms with Crippen LogP contribution >= 0.6 is 11.8 Å². The number of para-hydroxylation sites is 1. The van der Waals surface area contributed by atoms with Gasteiger partial charge < -0.3 is 25.8 Å². The number of hydrogen-bond donors (Lipinski definition) is 3. The summed E-state index contributed by atoms with van der Waals surface area (Å²) >= 11 is 1.43. The minimum absolute atomic E-state index is 0.120. The number of fused-ring (bicyclic) bond motifs is 1. The molecule has 4 N–H and O–H groups in total. The van der Waals surface area contributed by atoms with Gasteiger partial charge in [-0.05, 0) is 38.1 Å². The van der Waals surface area contributed by atoms with Crippen molar-refractivity contribution in [2.75, 3.05) is 29.6 Å². The first-order valence-corrected chi connectivity index (χ1v) is 11.1. The number of carbonyl (C=O) groups excluding carboxylic acids is 1. The Balaban J connectivity index is 1.39. The molecule has 1 aliphatic rings. The number of aromatic nitrogens is 3. The summed E-state index contributed by atoms with van der Waals surface area (Å²) in [7, 11) is 0. The Kier molecular flexibility index (Phi) is 6.60. The summed E-state index contributed by atoms with van der Waals surface area (Å²) in [6, 6.07) is 14.9. The fourth-order valence-corrected chi connectivity index (χ4v) is 4.11. The molecule has 1 amide bonds. The average molecular weight is 453 g/mol. The molecule has 0 saturated heterocycles. The molecule has 166 valence electrons. The second kappa shape index (κ2) is 9.73. The highest BCUT2D eigenvalue weighted by atomic mass is 32.2. The molecule has 32 heavy (non-hydrogen) atoms. The predicted octanol–water partition coefficient (Wildman–Crippen LogP) is 3.79. The molecule has 0 unspecified atom stereocenters. The molecule has 0 fully saturated rings. The van der Waals surface area contributed by atoms with Gasteiger partial charge in [0.1, 0.15) is 19.0 Å². The minimum Gasteiger partial charge on any atom is -0.486 e. The van der Waals surface area contributed by atoms with E-state index in [1.54, 1.807) is 18.2 Å². The largest absolute Gasteiger partial charge is 0.486 e. The number of thioether (sulfide) groups is 1. The maximum atomic E-state index is 12.7. The summed E-state index contributed by atoms with van der Waals surface area (Å²) in [5, 5.41) is 5.50. The van der Waals surface area contributed by atoms with Gasteiger partial charge >= 0.3 is 0 Å². The lowest BCUT2D eigenvalue weighted by Gasteiger charge is -2.20. The molecule has 10 heteroatoms. The molecule has 2 atom stereocenters. The van der Waals surface area contributed by atoms with E-state index in [4.69, 9.17) is 15.2 Å². The zero-order chi connectivity index (χ0) is 22.5. The quantitative estimate of drug-likeness (QED) is 0.491. The molecule has 4 rings (SSSR count). The first kappa shape index (κ1) is 21.7. The number of ether oxygens (including phenoxy) is 2. The number of nitrogens with zero attached hydrogens (tertiary/aromatic N) is 3. The maximum Gasteiger partial charge on any atom is 0.237 e. The van der Waals surface area contributed by atoms with Crippen LogP contribution in [0.2, 0.25) is 0 Å². The van der Waals surface area contributed by atoms with E-state index in [0.717, 1.165) is 5.69 Å². The molecule has 0 bridgehead atoms. The van der Waals surface area contributed by atoms with Crippen molar-refractivity contribution in [2.45, 2.75) is 24.3 Å². The van der Waals surface area contributed by atoms with Crippen molar-refractivity contribution in [1.29, 1.82) is 0 Å². The Bertz CT molecular complexity index is 1100. The number of rotatable bonds is 7. The summed E-state index contributed by atoms with van der Waals surface area (Å²) in [5.74, 6) is 2.15. The van der Waals surface area contributed by atoms with Gasteiger partial charge in [0.25, 0.3) is 0 Å². The van der Waals surface area contributed by atoms with E-state index in [2.05, 4.69) is 25.6 Å². The van der Waals surface area contributed by atoms with E-state index in [1.165, 1.54) is 11.8 Å². The van der Waals surface area contributed by atoms with Crippen molar-refractivity contribution < 1.29 is 14.3 Å². The standard InChI is InChI=1S/C22H24N6O3S/c1-13(19-26-21(23)28-22(27-19)25-15-6-4-3-5-7-15)32-14(2)20(29)24-16-8-9-17-18(12-16)31-11-10-30-17/h3-9,12-14H,10-11H2,1-2H3,(H,24,29)(H3,23,25,26,27,28)/t13-,14-/m1/s1. The third-order valence-corrected chi connectivity index (χ3v) is 5.89. The molecule has 0 aliphatic carbocycles. The number of amides is 1. The monoisotopic (exact) mass is 452 g/mol. The van der Waals surface area contributed by atoms with Crippen molar-refractivity contribution in [1.82, 2.24) is 15.0 Å². The van der Waals surface area contributed by atoms with Crippen molar-refractivity contribution >= 4 is 40.9 Å². The highest BCUT2D eigenvalue weighted by Crippen LogP contribution is 2.34. The molecule has 0 spiro atoms. The fraction of sp³-hybridized carbons (Fsp3) is 0.273. The van der Waals surface area contributed by atoms with Crippen molar-refractivity contribution in [3.05, 3.63) is 54.4 Å². The van der Waals surface area contributed by atoms with Gasteiger partial charge in [-0.2, -0.15) is 15.0 Å². The summed E-state index contributed by atoms with van der Waals surface area (Å²) in [6.07, 6.45) is 0. The van der Waals surface area contributed by atoms with Crippen LogP contribution in [0.5, 0.6) is 11.5 Å². The second-order valence-corrected chi connectivity index (χ2v) is 8.82. The van der Waals surface area contributed by atoms with E-state index < -0.39 is 0 Å². The van der Waals surface area contributed by atoms with E-state index >= 15 is 0 Å². The van der Waals surface area contributed by atoms with Crippen molar-refractivity contribution in [3.8, 4) is 11.5 Å². The van der Waals surface area contributed by atoms with Crippen molar-refractivity contribution in [2.24, 2.45) is 0 Å². The van der Waals surface area contributed by atoms with Crippen LogP contribution in [0.15, 0.2) is 48.5 Å². The fourth-order valence-electron chi connectivity index (χ4n) is 3.09. The van der Waals surface area contributed by atoms with Crippen LogP contribution in [0.4, 0.5) is 23.3 Å². The summed E-state index contributed by atoms with van der Waals surface area (Å²) < 4.78 is 11.1. The molecule has 1 aromatic heterocycles. The topological polar surface area (TPSA) is 124 Å². The van der Waals surface area contributed by atoms with E-state index in [0.29, 0.717) is 42.2 Å². The molecule has 2 heterocycles. The first-order chi connectivity index (χ1) is 15.5. The molecular formula is C22H24N6O3S. The Morgan fingerprint density at radius 3 is 2.53 bits per heavy atom. The Morgan fingerprint density at radius 2 is 1.75 bits per heavy atom. The molecular weight excluding hydrogens is 428 g/mol. The number of carbonyl (C=O) groups is 1. The first-order valence-electron chi connectivity index (χ1n) is 10.2. The van der Waals surface area contributed by atoms with Gasteiger partial charge in [-0.25, -0.2) is 0 Å². The second-order valence-electron chi connectivity index (χ2n) is 7.13. The third kappa shape index (κ3) is 5.38. The van der Waals surface area contributed by atoms with Gasteiger partial charge in [0.2, 0.25) is 17.8 Å². The summed E-state index contributed by atoms with van der Waals surface area (Å²) in [6.45, 7) is 4.78. The lowest BCUT2D eigenvalue weighted by Crippen LogP contribution is -2.24. The Morgan fingerprint density at radius 1 is 1.00 bits per heavy atom. The normalized spacial score (nSPS) is 14.3. The van der Waals surface area contributed by atoms with Gasteiger partial charge in [0.05, 0.1) is 10.5 Å². The van der Waals surface area contributed by atoms with Crippen LogP contribution < -0.4 is 25.8 Å². The maximum absolute atomic E-state index is 12.7. The molecule has 1 aliphatic heterocycles. The molecule has 0 radical (unpaired) electrons. The molecule has 3 aromatic rings. The summed E-state index contributed by atoms with van der Waals surface area (Å²) in [5.41, 5.74) is 7.38. The predicted molar refractivity (Wildman–Crippen MR) is 125 cm³/mol. The lowest BCUT2D eigenvalue weighted by atomic mass is 10.2. The number of nitrogen functional groups attached to an aromatic ring is 1. The zero-order valence-electron chi connectivity index (χ0n) is 17.7. The van der Waals surface area contributed by atoms with Crippen LogP contribution in [0.1, 0.15) is 24.9 Å². The van der Waals surface area contributed by atoms with Crippen LogP contribution in [0.3, 0.4) is 0 Å². The zero-order valence-corrected chi connectivity index (χ0v) is 18.6. The summed E-state index contributed by atoms with van der Waals surface area (Å²) in [4.78, 5) is 25.6. The van der Waals surface area contributed by atoms with Crippen molar-refractivity contribution in [3.63, 3.8) is 0 Å². The average Bonchev–Trinajstić information content (AvgIpc) is 2.79. The Labute approximate surface area is 190 Å². The number of anilines is 4. The van der Waals surface area contributed by atoms with Gasteiger partial charge in [-0.1, -0.05) is 18.2 Å². The highest BCUT2D eigenvalue weighted by molar-refractivity contribution is 8.00. The van der Waals surface area contributed by atoms with Gasteiger partial charge in [-0.15, -0.1) is 11.8 Å². The molecule has 0 saturated carbocycles. The minimum atomic E-state index is -0.360. The van der Waals surface area contributed by atoms with E-state index in [-0.39, 0.29) is 22.4 Å². The van der Waals surface area contributed by atoms with Gasteiger partial charge in [0, 0.05) is 17.4 Å². The number of nitrogens with two attached hydrogens (primary N) is 1. The van der Waals surface area contributed by atoms with Crippen LogP contribution in [-0.2, 0) is 4.79 Å². The highest BCUT2D eigenvalue weighted by Gasteiger charge is 2.22.